The molecule has 0 aliphatic heterocycles. The molecule has 0 fully saturated rings. The highest BCUT2D eigenvalue weighted by Gasteiger charge is 2.29. The Morgan fingerprint density at radius 2 is 1.46 bits per heavy atom. The zero-order chi connectivity index (χ0) is 17.4. The molecule has 0 N–H and O–H groups in total. The fraction of sp³-hybridized carbons (Fsp3) is 0. The van der Waals surface area contributed by atoms with Gasteiger partial charge in [0.15, 0.2) is 0 Å². The average molecular weight is 339 g/mol. The smallest absolute Gasteiger partial charge is 0.345 e. The fourth-order valence-electron chi connectivity index (χ4n) is 2.01. The molecule has 3 aromatic rings. The van der Waals surface area contributed by atoms with E-state index in [0.717, 1.165) is 6.20 Å². The Bertz CT molecular complexity index is 945. The number of ether oxygens (including phenoxy) is 1. The summed E-state index contributed by atoms with van der Waals surface area (Å²) in [6.45, 7) is 0. The van der Waals surface area contributed by atoms with Crippen LogP contribution in [0.1, 0.15) is 10.4 Å². The number of hydrogen-bond donors (Lipinski definition) is 0. The summed E-state index contributed by atoms with van der Waals surface area (Å²) < 4.78 is 70.5. The van der Waals surface area contributed by atoms with Crippen LogP contribution in [0.15, 0.2) is 36.5 Å². The molecule has 1 aromatic heterocycles. The van der Waals surface area contributed by atoms with Crippen molar-refractivity contribution in [1.82, 2.24) is 4.98 Å². The third kappa shape index (κ3) is 2.55. The first-order chi connectivity index (χ1) is 11.4. The Kier molecular flexibility index (Phi) is 3.88. The van der Waals surface area contributed by atoms with Crippen LogP contribution in [0, 0.1) is 29.1 Å². The lowest BCUT2D eigenvalue weighted by Crippen LogP contribution is -2.14. The maximum Gasteiger partial charge on any atom is 0.345 e. The maximum absolute atomic E-state index is 13.5. The zero-order valence-corrected chi connectivity index (χ0v) is 11.6. The van der Waals surface area contributed by atoms with E-state index in [9.17, 15) is 26.7 Å². The van der Waals surface area contributed by atoms with Crippen molar-refractivity contribution in [2.24, 2.45) is 0 Å². The minimum Gasteiger partial charge on any atom is -0.416 e. The van der Waals surface area contributed by atoms with Crippen molar-refractivity contribution < 1.29 is 31.5 Å². The van der Waals surface area contributed by atoms with Crippen LogP contribution < -0.4 is 4.74 Å². The van der Waals surface area contributed by atoms with Crippen molar-refractivity contribution in [2.75, 3.05) is 0 Å². The Morgan fingerprint density at radius 1 is 0.875 bits per heavy atom. The SMILES string of the molecule is O=C(Oc1c(F)c(F)c(F)c(F)c1F)c1cnc2ccccc2c1. The molecule has 3 rings (SSSR count). The first-order valence-electron chi connectivity index (χ1n) is 6.48. The van der Waals surface area contributed by atoms with E-state index in [0.29, 0.717) is 10.9 Å². The Balaban J connectivity index is 2.00. The van der Waals surface area contributed by atoms with E-state index in [1.807, 2.05) is 0 Å². The lowest BCUT2D eigenvalue weighted by molar-refractivity contribution is 0.0715. The fourth-order valence-corrected chi connectivity index (χ4v) is 2.01. The van der Waals surface area contributed by atoms with Gasteiger partial charge in [-0.05, 0) is 12.1 Å². The molecule has 0 bridgehead atoms. The predicted octanol–water partition coefficient (Wildman–Crippen LogP) is 4.15. The molecule has 2 aromatic carbocycles. The molecule has 24 heavy (non-hydrogen) atoms. The molecule has 122 valence electrons. The molecule has 8 heteroatoms. The Morgan fingerprint density at radius 3 is 2.12 bits per heavy atom. The van der Waals surface area contributed by atoms with E-state index in [2.05, 4.69) is 9.72 Å². The van der Waals surface area contributed by atoms with Gasteiger partial charge in [-0.3, -0.25) is 4.98 Å². The molecule has 0 atom stereocenters. The topological polar surface area (TPSA) is 39.2 Å². The van der Waals surface area contributed by atoms with Gasteiger partial charge in [-0.2, -0.15) is 8.78 Å². The van der Waals surface area contributed by atoms with E-state index in [4.69, 9.17) is 0 Å². The summed E-state index contributed by atoms with van der Waals surface area (Å²) in [6, 6.07) is 7.98. The summed E-state index contributed by atoms with van der Waals surface area (Å²) in [5.41, 5.74) is 0.336. The number of aromatic nitrogens is 1. The molecule has 0 saturated heterocycles. The second-order valence-electron chi connectivity index (χ2n) is 4.71. The second kappa shape index (κ2) is 5.88. The normalized spacial score (nSPS) is 10.9. The first kappa shape index (κ1) is 15.9. The maximum atomic E-state index is 13.5. The van der Waals surface area contributed by atoms with Gasteiger partial charge in [-0.25, -0.2) is 18.0 Å². The number of pyridine rings is 1. The minimum absolute atomic E-state index is 0.211. The van der Waals surface area contributed by atoms with Gasteiger partial charge in [0, 0.05) is 11.6 Å². The van der Waals surface area contributed by atoms with Gasteiger partial charge in [0.1, 0.15) is 0 Å². The molecule has 0 amide bonds. The van der Waals surface area contributed by atoms with Crippen molar-refractivity contribution in [2.45, 2.75) is 0 Å². The predicted molar refractivity (Wildman–Crippen MR) is 72.9 cm³/mol. The average Bonchev–Trinajstić information content (AvgIpc) is 2.61. The minimum atomic E-state index is -2.34. The summed E-state index contributed by atoms with van der Waals surface area (Å²) in [6.07, 6.45) is 1.07. The van der Waals surface area contributed by atoms with Crippen molar-refractivity contribution in [3.63, 3.8) is 0 Å². The van der Waals surface area contributed by atoms with Crippen LogP contribution in [0.25, 0.3) is 10.9 Å². The number of nitrogens with zero attached hydrogens (tertiary/aromatic N) is 1. The van der Waals surface area contributed by atoms with E-state index in [1.54, 1.807) is 24.3 Å². The molecule has 1 heterocycles. The molecular weight excluding hydrogens is 333 g/mol. The zero-order valence-electron chi connectivity index (χ0n) is 11.6. The number of fused-ring (bicyclic) bond motifs is 1. The first-order valence-corrected chi connectivity index (χ1v) is 6.48. The quantitative estimate of drug-likeness (QED) is 0.231. The van der Waals surface area contributed by atoms with Gasteiger partial charge in [-0.1, -0.05) is 18.2 Å². The van der Waals surface area contributed by atoms with Crippen molar-refractivity contribution in [3.8, 4) is 5.75 Å². The lowest BCUT2D eigenvalue weighted by Gasteiger charge is -2.09. The molecule has 3 nitrogen and oxygen atoms in total. The summed E-state index contributed by atoms with van der Waals surface area (Å²) in [7, 11) is 0. The van der Waals surface area contributed by atoms with E-state index >= 15 is 0 Å². The van der Waals surface area contributed by atoms with E-state index < -0.39 is 40.8 Å². The Hall–Kier alpha value is -3.03. The van der Waals surface area contributed by atoms with Crippen molar-refractivity contribution in [3.05, 3.63) is 71.2 Å². The van der Waals surface area contributed by atoms with Gasteiger partial charge < -0.3 is 4.74 Å². The number of esters is 1. The molecular formula is C16H6F5NO2. The lowest BCUT2D eigenvalue weighted by atomic mass is 10.1. The highest BCUT2D eigenvalue weighted by molar-refractivity contribution is 5.94. The van der Waals surface area contributed by atoms with Crippen LogP contribution in [0.2, 0.25) is 0 Å². The summed E-state index contributed by atoms with van der Waals surface area (Å²) in [4.78, 5) is 15.9. The molecule has 0 spiro atoms. The highest BCUT2D eigenvalue weighted by atomic mass is 19.2. The highest BCUT2D eigenvalue weighted by Crippen LogP contribution is 2.29. The van der Waals surface area contributed by atoms with Crippen LogP contribution in [0.3, 0.4) is 0 Å². The van der Waals surface area contributed by atoms with Crippen LogP contribution in [-0.4, -0.2) is 11.0 Å². The summed E-state index contributed by atoms with van der Waals surface area (Å²) >= 11 is 0. The summed E-state index contributed by atoms with van der Waals surface area (Å²) in [5, 5.41) is 0.532. The number of carbonyl (C=O) groups excluding carboxylic acids is 1. The summed E-state index contributed by atoms with van der Waals surface area (Å²) in [5.74, 6) is -14.2. The van der Waals surface area contributed by atoms with Gasteiger partial charge in [0.05, 0.1) is 11.1 Å². The van der Waals surface area contributed by atoms with Crippen LogP contribution >= 0.6 is 0 Å². The number of rotatable bonds is 2. The molecule has 0 unspecified atom stereocenters. The number of carbonyl (C=O) groups is 1. The van der Waals surface area contributed by atoms with Gasteiger partial charge in [0.2, 0.25) is 34.8 Å². The van der Waals surface area contributed by atoms with E-state index in [1.165, 1.54) is 6.07 Å². The van der Waals surface area contributed by atoms with Crippen LogP contribution in [-0.2, 0) is 0 Å². The third-order valence-electron chi connectivity index (χ3n) is 3.19. The van der Waals surface area contributed by atoms with Gasteiger partial charge in [-0.15, -0.1) is 0 Å². The number of para-hydroxylation sites is 1. The second-order valence-corrected chi connectivity index (χ2v) is 4.71. The molecule has 0 aliphatic rings. The molecule has 0 aliphatic carbocycles. The van der Waals surface area contributed by atoms with Gasteiger partial charge >= 0.3 is 5.97 Å². The van der Waals surface area contributed by atoms with Crippen molar-refractivity contribution >= 4 is 16.9 Å². The third-order valence-corrected chi connectivity index (χ3v) is 3.19. The van der Waals surface area contributed by atoms with E-state index in [-0.39, 0.29) is 5.56 Å². The molecule has 0 radical (unpaired) electrons. The van der Waals surface area contributed by atoms with Crippen LogP contribution in [0.4, 0.5) is 22.0 Å². The van der Waals surface area contributed by atoms with Gasteiger partial charge in [0.25, 0.3) is 0 Å². The Labute approximate surface area is 131 Å². The van der Waals surface area contributed by atoms with Crippen molar-refractivity contribution in [1.29, 1.82) is 0 Å². The largest absolute Gasteiger partial charge is 0.416 e. The standard InChI is InChI=1S/C16H6F5NO2/c17-10-11(18)13(20)15(14(21)12(10)19)24-16(23)8-5-7-3-1-2-4-9(7)22-6-8/h1-6H. The number of halogens is 5. The monoisotopic (exact) mass is 339 g/mol. The molecule has 0 saturated carbocycles. The number of hydrogen-bond acceptors (Lipinski definition) is 3. The van der Waals surface area contributed by atoms with Crippen LogP contribution in [0.5, 0.6) is 5.75 Å². The number of benzene rings is 2.